The molecule has 0 saturated heterocycles. The summed E-state index contributed by atoms with van der Waals surface area (Å²) in [7, 11) is 0. The van der Waals surface area contributed by atoms with E-state index in [1.807, 2.05) is 0 Å². The van der Waals surface area contributed by atoms with E-state index in [-0.39, 0.29) is 0 Å². The second kappa shape index (κ2) is 6.09. The van der Waals surface area contributed by atoms with Crippen LogP contribution < -0.4 is 0 Å². The van der Waals surface area contributed by atoms with Crippen LogP contribution in [0.2, 0.25) is 0 Å². The molecule has 0 N–H and O–H groups in total. The Morgan fingerprint density at radius 2 is 1.92 bits per heavy atom. The lowest BCUT2D eigenvalue weighted by Gasteiger charge is -2.06. The highest BCUT2D eigenvalue weighted by molar-refractivity contribution is 7.80. The van der Waals surface area contributed by atoms with Gasteiger partial charge in [-0.3, -0.25) is 0 Å². The molecule has 1 rings (SSSR count). The van der Waals surface area contributed by atoms with Crippen molar-refractivity contribution < 1.29 is 0 Å². The first-order valence-corrected chi connectivity index (χ1v) is 5.52. The Balaban J connectivity index is 2.20. The van der Waals surface area contributed by atoms with Gasteiger partial charge in [-0.05, 0) is 30.7 Å². The molecule has 0 saturated carbocycles. The predicted molar refractivity (Wildman–Crippen MR) is 61.0 cm³/mol. The lowest BCUT2D eigenvalue weighted by molar-refractivity contribution is 0.565. The zero-order valence-corrected chi connectivity index (χ0v) is 9.02. The van der Waals surface area contributed by atoms with Crippen LogP contribution in [0.25, 0.3) is 0 Å². The minimum Gasteiger partial charge on any atom is -0.0939 e. The van der Waals surface area contributed by atoms with E-state index in [9.17, 15) is 0 Å². The molecular formula is C12H17S. The van der Waals surface area contributed by atoms with E-state index in [0.717, 1.165) is 5.75 Å². The van der Waals surface area contributed by atoms with E-state index in [1.54, 1.807) is 0 Å². The maximum Gasteiger partial charge on any atom is 0.00626 e. The molecule has 0 nitrogen and oxygen atoms in total. The molecule has 1 atom stereocenters. The van der Waals surface area contributed by atoms with Crippen LogP contribution in [0.3, 0.4) is 0 Å². The topological polar surface area (TPSA) is 0 Å². The van der Waals surface area contributed by atoms with Crippen molar-refractivity contribution >= 4 is 12.6 Å². The third kappa shape index (κ3) is 4.37. The number of benzene rings is 1. The first-order valence-electron chi connectivity index (χ1n) is 4.95. The van der Waals surface area contributed by atoms with Crippen molar-refractivity contribution in [3.8, 4) is 0 Å². The normalized spacial score (nSPS) is 12.8. The largest absolute Gasteiger partial charge is 0.0939 e. The molecule has 1 aromatic rings. The smallest absolute Gasteiger partial charge is 0.00626 e. The van der Waals surface area contributed by atoms with Gasteiger partial charge in [-0.1, -0.05) is 49.9 Å². The van der Waals surface area contributed by atoms with Gasteiger partial charge in [-0.2, -0.15) is 0 Å². The van der Waals surface area contributed by atoms with Gasteiger partial charge in [0.2, 0.25) is 0 Å². The molecule has 0 aliphatic carbocycles. The molecule has 0 fully saturated rings. The molecule has 13 heavy (non-hydrogen) atoms. The van der Waals surface area contributed by atoms with Crippen LogP contribution in [-0.4, -0.2) is 5.75 Å². The van der Waals surface area contributed by atoms with E-state index in [4.69, 9.17) is 12.6 Å². The molecular weight excluding hydrogens is 176 g/mol. The van der Waals surface area contributed by atoms with Crippen LogP contribution in [0.15, 0.2) is 30.3 Å². The van der Waals surface area contributed by atoms with Gasteiger partial charge in [0.05, 0.1) is 0 Å². The van der Waals surface area contributed by atoms with Gasteiger partial charge < -0.3 is 0 Å². The van der Waals surface area contributed by atoms with E-state index in [2.05, 4.69) is 37.3 Å². The maximum atomic E-state index is 5.00. The van der Waals surface area contributed by atoms with Crippen molar-refractivity contribution in [2.24, 2.45) is 5.92 Å². The predicted octanol–water partition coefficient (Wildman–Crippen LogP) is 3.84. The Hall–Kier alpha value is -0.430. The third-order valence-corrected chi connectivity index (χ3v) is 2.86. The minimum absolute atomic E-state index is 0.707. The van der Waals surface area contributed by atoms with Gasteiger partial charge in [0.1, 0.15) is 0 Å². The molecule has 71 valence electrons. The molecule has 0 amide bonds. The van der Waals surface area contributed by atoms with Gasteiger partial charge in [0, 0.05) is 5.75 Å². The quantitative estimate of drug-likeness (QED) is 0.666. The fourth-order valence-corrected chi connectivity index (χ4v) is 1.55. The second-order valence-corrected chi connectivity index (χ2v) is 3.98. The van der Waals surface area contributed by atoms with Crippen LogP contribution in [0.4, 0.5) is 0 Å². The summed E-state index contributed by atoms with van der Waals surface area (Å²) in [4.78, 5) is 0. The maximum absolute atomic E-state index is 5.00. The van der Waals surface area contributed by atoms with Crippen molar-refractivity contribution in [2.45, 2.75) is 26.2 Å². The molecule has 0 aromatic heterocycles. The van der Waals surface area contributed by atoms with E-state index < -0.39 is 0 Å². The molecule has 0 heterocycles. The summed E-state index contributed by atoms with van der Waals surface area (Å²) in [6.07, 6.45) is 3.72. The van der Waals surface area contributed by atoms with Crippen LogP contribution in [0.1, 0.15) is 25.3 Å². The highest BCUT2D eigenvalue weighted by Crippen LogP contribution is 2.10. The highest BCUT2D eigenvalue weighted by atomic mass is 32.1. The molecule has 1 radical (unpaired) electrons. The SMILES string of the molecule is CC(C[S])CCCc1ccccc1. The zero-order chi connectivity index (χ0) is 9.52. The van der Waals surface area contributed by atoms with Crippen molar-refractivity contribution in [1.29, 1.82) is 0 Å². The monoisotopic (exact) mass is 193 g/mol. The highest BCUT2D eigenvalue weighted by Gasteiger charge is 1.99. The van der Waals surface area contributed by atoms with Gasteiger partial charge in [0.25, 0.3) is 0 Å². The molecule has 1 aromatic carbocycles. The van der Waals surface area contributed by atoms with Crippen LogP contribution in [0, 0.1) is 5.92 Å². The van der Waals surface area contributed by atoms with Gasteiger partial charge in [-0.25, -0.2) is 0 Å². The van der Waals surface area contributed by atoms with Crippen molar-refractivity contribution in [2.75, 3.05) is 5.75 Å². The Labute approximate surface area is 86.8 Å². The van der Waals surface area contributed by atoms with Crippen molar-refractivity contribution in [1.82, 2.24) is 0 Å². The summed E-state index contributed by atoms with van der Waals surface area (Å²) in [6, 6.07) is 10.7. The Morgan fingerprint density at radius 1 is 1.23 bits per heavy atom. The van der Waals surface area contributed by atoms with Gasteiger partial charge >= 0.3 is 0 Å². The lowest BCUT2D eigenvalue weighted by atomic mass is 10.0. The first kappa shape index (κ1) is 10.6. The second-order valence-electron chi connectivity index (χ2n) is 3.65. The average molecular weight is 193 g/mol. The third-order valence-electron chi connectivity index (χ3n) is 2.29. The fraction of sp³-hybridized carbons (Fsp3) is 0.500. The Kier molecular flexibility index (Phi) is 4.99. The van der Waals surface area contributed by atoms with Crippen LogP contribution >= 0.6 is 12.6 Å². The van der Waals surface area contributed by atoms with Crippen LogP contribution in [0.5, 0.6) is 0 Å². The van der Waals surface area contributed by atoms with E-state index in [1.165, 1.54) is 24.8 Å². The number of aryl methyl sites for hydroxylation is 1. The molecule has 0 spiro atoms. The number of hydrogen-bond acceptors (Lipinski definition) is 0. The molecule has 0 aliphatic rings. The zero-order valence-electron chi connectivity index (χ0n) is 8.20. The molecule has 0 aliphatic heterocycles. The summed E-state index contributed by atoms with van der Waals surface area (Å²) in [6.45, 7) is 2.23. The average Bonchev–Trinajstić information content (AvgIpc) is 2.19. The fourth-order valence-electron chi connectivity index (χ4n) is 1.38. The Bertz CT molecular complexity index is 218. The van der Waals surface area contributed by atoms with E-state index >= 15 is 0 Å². The standard InChI is InChI=1S/C12H17S/c1-11(10-13)6-5-9-12-7-3-2-4-8-12/h2-4,7-8,11H,5-6,9-10H2,1H3. The molecule has 1 unspecified atom stereocenters. The van der Waals surface area contributed by atoms with E-state index in [0.29, 0.717) is 5.92 Å². The minimum atomic E-state index is 0.707. The summed E-state index contributed by atoms with van der Waals surface area (Å²) < 4.78 is 0. The van der Waals surface area contributed by atoms with Crippen molar-refractivity contribution in [3.05, 3.63) is 35.9 Å². The molecule has 0 bridgehead atoms. The first-order chi connectivity index (χ1) is 6.33. The summed E-state index contributed by atoms with van der Waals surface area (Å²) in [5.41, 5.74) is 1.44. The van der Waals surface area contributed by atoms with Gasteiger partial charge in [-0.15, -0.1) is 0 Å². The van der Waals surface area contributed by atoms with Gasteiger partial charge in [0.15, 0.2) is 0 Å². The number of hydrogen-bond donors (Lipinski definition) is 0. The summed E-state index contributed by atoms with van der Waals surface area (Å²) in [5, 5.41) is 0. The lowest BCUT2D eigenvalue weighted by Crippen LogP contribution is -1.96. The Morgan fingerprint density at radius 3 is 2.54 bits per heavy atom. The number of rotatable bonds is 5. The van der Waals surface area contributed by atoms with Crippen LogP contribution in [-0.2, 0) is 6.42 Å². The molecule has 1 heteroatoms. The van der Waals surface area contributed by atoms with Crippen molar-refractivity contribution in [3.63, 3.8) is 0 Å². The summed E-state index contributed by atoms with van der Waals surface area (Å²) >= 11 is 5.00. The summed E-state index contributed by atoms with van der Waals surface area (Å²) in [5.74, 6) is 1.60.